The van der Waals surface area contributed by atoms with E-state index in [1.165, 1.54) is 30.3 Å². The fourth-order valence-corrected chi connectivity index (χ4v) is 2.91. The second-order valence-corrected chi connectivity index (χ2v) is 7.23. The molecule has 34 heavy (non-hydrogen) atoms. The molecular formula is C26H21F2NO5. The number of esters is 2. The van der Waals surface area contributed by atoms with E-state index in [9.17, 15) is 18.4 Å². The highest BCUT2D eigenvalue weighted by molar-refractivity contribution is 5.92. The molecule has 0 fully saturated rings. The van der Waals surface area contributed by atoms with Crippen molar-refractivity contribution in [2.75, 3.05) is 6.61 Å². The first-order chi connectivity index (χ1) is 16.4. The molecule has 0 N–H and O–H groups in total. The third-order valence-corrected chi connectivity index (χ3v) is 4.78. The van der Waals surface area contributed by atoms with Crippen LogP contribution in [0.1, 0.15) is 52.5 Å². The number of ether oxygens (including phenoxy) is 3. The minimum Gasteiger partial charge on any atom is -0.494 e. The number of rotatable bonds is 9. The fraction of sp³-hybridized carbons (Fsp3) is 0.192. The number of nitrogens with zero attached hydrogens (tertiary/aromatic N) is 1. The fourth-order valence-electron chi connectivity index (χ4n) is 2.91. The van der Waals surface area contributed by atoms with Crippen molar-refractivity contribution in [2.45, 2.75) is 26.2 Å². The summed E-state index contributed by atoms with van der Waals surface area (Å²) in [6.45, 7) is 2.72. The van der Waals surface area contributed by atoms with Crippen molar-refractivity contribution in [3.8, 4) is 23.3 Å². The maximum absolute atomic E-state index is 13.9. The van der Waals surface area contributed by atoms with Gasteiger partial charge in [-0.15, -0.1) is 0 Å². The molecule has 6 nitrogen and oxygen atoms in total. The Kier molecular flexibility index (Phi) is 8.30. The number of hydrogen-bond donors (Lipinski definition) is 0. The summed E-state index contributed by atoms with van der Waals surface area (Å²) in [5, 5.41) is 8.71. The zero-order valence-corrected chi connectivity index (χ0v) is 18.3. The van der Waals surface area contributed by atoms with Gasteiger partial charge in [0.1, 0.15) is 17.6 Å². The van der Waals surface area contributed by atoms with Crippen LogP contribution in [0, 0.1) is 23.0 Å². The monoisotopic (exact) mass is 465 g/mol. The molecule has 8 heteroatoms. The van der Waals surface area contributed by atoms with Crippen LogP contribution in [0.15, 0.2) is 60.7 Å². The summed E-state index contributed by atoms with van der Waals surface area (Å²) in [7, 11) is 0. The predicted octanol–water partition coefficient (Wildman–Crippen LogP) is 5.84. The second-order valence-electron chi connectivity index (χ2n) is 7.23. The third-order valence-electron chi connectivity index (χ3n) is 4.78. The number of unbranched alkanes of at least 4 members (excludes halogenated alkanes) is 2. The molecule has 0 spiro atoms. The van der Waals surface area contributed by atoms with Gasteiger partial charge < -0.3 is 14.2 Å². The van der Waals surface area contributed by atoms with Gasteiger partial charge in [-0.2, -0.15) is 9.65 Å². The minimum atomic E-state index is -1.43. The van der Waals surface area contributed by atoms with Gasteiger partial charge in [0.15, 0.2) is 11.6 Å². The first-order valence-electron chi connectivity index (χ1n) is 10.6. The molecule has 0 saturated carbocycles. The number of nitriles is 1. The Bertz CT molecular complexity index is 1200. The lowest BCUT2D eigenvalue weighted by Crippen LogP contribution is -2.11. The lowest BCUT2D eigenvalue weighted by Gasteiger charge is -2.09. The van der Waals surface area contributed by atoms with Crippen molar-refractivity contribution in [1.82, 2.24) is 0 Å². The average Bonchev–Trinajstić information content (AvgIpc) is 2.85. The van der Waals surface area contributed by atoms with Gasteiger partial charge in [0, 0.05) is 0 Å². The number of halogens is 2. The van der Waals surface area contributed by atoms with Crippen molar-refractivity contribution >= 4 is 11.9 Å². The van der Waals surface area contributed by atoms with Crippen LogP contribution in [0.4, 0.5) is 8.78 Å². The van der Waals surface area contributed by atoms with E-state index in [1.54, 1.807) is 24.3 Å². The molecule has 3 rings (SSSR count). The summed E-state index contributed by atoms with van der Waals surface area (Å²) in [5.74, 6) is -4.18. The van der Waals surface area contributed by atoms with Crippen molar-refractivity contribution < 1.29 is 32.6 Å². The van der Waals surface area contributed by atoms with Crippen LogP contribution in [0.25, 0.3) is 0 Å². The third kappa shape index (κ3) is 6.17. The number of carbonyl (C=O) groups is 2. The van der Waals surface area contributed by atoms with E-state index in [2.05, 4.69) is 6.92 Å². The van der Waals surface area contributed by atoms with Gasteiger partial charge in [-0.25, -0.2) is 14.0 Å². The van der Waals surface area contributed by atoms with Crippen LogP contribution < -0.4 is 14.2 Å². The summed E-state index contributed by atoms with van der Waals surface area (Å²) in [6, 6.07) is 15.4. The van der Waals surface area contributed by atoms with Gasteiger partial charge in [0.25, 0.3) is 0 Å². The number of carbonyl (C=O) groups excluding carboxylic acids is 2. The molecule has 0 aliphatic heterocycles. The van der Waals surface area contributed by atoms with Crippen LogP contribution in [-0.2, 0) is 0 Å². The first kappa shape index (κ1) is 24.4. The molecule has 174 valence electrons. The Balaban J connectivity index is 1.58. The van der Waals surface area contributed by atoms with E-state index in [1.807, 2.05) is 0 Å². The SMILES string of the molecule is CCCCCOc1ccc(C(=O)Oc2ccc(C(=O)Oc3ccc(C#N)c(F)c3F)cc2)cc1. The average molecular weight is 465 g/mol. The van der Waals surface area contributed by atoms with Gasteiger partial charge in [0.05, 0.1) is 23.3 Å². The van der Waals surface area contributed by atoms with Crippen molar-refractivity contribution in [3.63, 3.8) is 0 Å². The Hall–Kier alpha value is -4.25. The summed E-state index contributed by atoms with van der Waals surface area (Å²) in [4.78, 5) is 24.6. The van der Waals surface area contributed by atoms with Crippen molar-refractivity contribution in [3.05, 3.63) is 89.0 Å². The van der Waals surface area contributed by atoms with E-state index in [0.717, 1.165) is 31.4 Å². The molecule has 0 aliphatic carbocycles. The van der Waals surface area contributed by atoms with Gasteiger partial charge in [0.2, 0.25) is 5.82 Å². The smallest absolute Gasteiger partial charge is 0.343 e. The van der Waals surface area contributed by atoms with Crippen LogP contribution in [0.2, 0.25) is 0 Å². The van der Waals surface area contributed by atoms with Crippen molar-refractivity contribution in [2.24, 2.45) is 0 Å². The molecule has 0 bridgehead atoms. The summed E-state index contributed by atoms with van der Waals surface area (Å²) >= 11 is 0. The Morgan fingerprint density at radius 1 is 0.794 bits per heavy atom. The predicted molar refractivity (Wildman–Crippen MR) is 119 cm³/mol. The molecule has 3 aromatic carbocycles. The minimum absolute atomic E-state index is 0.0218. The van der Waals surface area contributed by atoms with Crippen LogP contribution in [0.5, 0.6) is 17.2 Å². The molecule has 0 aromatic heterocycles. The van der Waals surface area contributed by atoms with Gasteiger partial charge in [-0.3, -0.25) is 0 Å². The molecular weight excluding hydrogens is 444 g/mol. The Labute approximate surface area is 195 Å². The zero-order chi connectivity index (χ0) is 24.5. The van der Waals surface area contributed by atoms with Gasteiger partial charge >= 0.3 is 11.9 Å². The highest BCUT2D eigenvalue weighted by Crippen LogP contribution is 2.24. The Morgan fingerprint density at radius 2 is 1.38 bits per heavy atom. The van der Waals surface area contributed by atoms with Crippen molar-refractivity contribution in [1.29, 1.82) is 5.26 Å². The summed E-state index contributed by atoms with van der Waals surface area (Å²) in [6.07, 6.45) is 3.15. The van der Waals surface area contributed by atoms with E-state index in [4.69, 9.17) is 19.5 Å². The van der Waals surface area contributed by atoms with E-state index < -0.39 is 34.9 Å². The molecule has 3 aromatic rings. The Morgan fingerprint density at radius 3 is 1.97 bits per heavy atom. The first-order valence-corrected chi connectivity index (χ1v) is 10.6. The topological polar surface area (TPSA) is 85.6 Å². The van der Waals surface area contributed by atoms with Gasteiger partial charge in [-0.05, 0) is 67.1 Å². The molecule has 0 unspecified atom stereocenters. The quantitative estimate of drug-likeness (QED) is 0.224. The summed E-state index contributed by atoms with van der Waals surface area (Å²) < 4.78 is 43.4. The molecule has 0 saturated heterocycles. The highest BCUT2D eigenvalue weighted by Gasteiger charge is 2.18. The molecule has 0 aliphatic rings. The van der Waals surface area contributed by atoms with E-state index in [0.29, 0.717) is 17.9 Å². The molecule has 0 atom stereocenters. The normalized spacial score (nSPS) is 10.3. The zero-order valence-electron chi connectivity index (χ0n) is 18.3. The lowest BCUT2D eigenvalue weighted by atomic mass is 10.2. The standard InChI is InChI=1S/C26H21F2NO5/c1-2-3-4-15-32-20-10-5-17(6-11-20)25(30)33-21-12-7-18(8-13-21)26(31)34-22-14-9-19(16-29)23(27)24(22)28/h5-14H,2-4,15H2,1H3. The maximum Gasteiger partial charge on any atom is 0.343 e. The number of benzene rings is 3. The van der Waals surface area contributed by atoms with E-state index >= 15 is 0 Å². The van der Waals surface area contributed by atoms with Gasteiger partial charge in [-0.1, -0.05) is 19.8 Å². The number of hydrogen-bond acceptors (Lipinski definition) is 6. The molecule has 0 amide bonds. The maximum atomic E-state index is 13.9. The van der Waals surface area contributed by atoms with Crippen LogP contribution in [-0.4, -0.2) is 18.5 Å². The summed E-state index contributed by atoms with van der Waals surface area (Å²) in [5.41, 5.74) is -0.158. The van der Waals surface area contributed by atoms with E-state index in [-0.39, 0.29) is 11.3 Å². The lowest BCUT2D eigenvalue weighted by molar-refractivity contribution is 0.0724. The highest BCUT2D eigenvalue weighted by atomic mass is 19.2. The largest absolute Gasteiger partial charge is 0.494 e. The second kappa shape index (κ2) is 11.6. The molecule has 0 radical (unpaired) electrons. The van der Waals surface area contributed by atoms with Crippen LogP contribution in [0.3, 0.4) is 0 Å². The molecule has 0 heterocycles. The van der Waals surface area contributed by atoms with Crippen LogP contribution >= 0.6 is 0 Å².